The van der Waals surface area contributed by atoms with Crippen LogP contribution in [0.15, 0.2) is 12.4 Å². The van der Waals surface area contributed by atoms with E-state index >= 15 is 0 Å². The molecule has 2 atom stereocenters. The molecule has 1 aliphatic rings. The van der Waals surface area contributed by atoms with Gasteiger partial charge in [0.05, 0.1) is 0 Å². The van der Waals surface area contributed by atoms with E-state index in [1.807, 2.05) is 0 Å². The first-order chi connectivity index (χ1) is 7.06. The van der Waals surface area contributed by atoms with Gasteiger partial charge in [-0.2, -0.15) is 0 Å². The van der Waals surface area contributed by atoms with Crippen LogP contribution in [0.5, 0.6) is 0 Å². The smallest absolute Gasteiger partial charge is 0.00433 e. The first-order valence-electron chi connectivity index (χ1n) is 5.92. The number of H-pyrrole nitrogens is 1. The molecule has 2 rings (SSSR count). The number of rotatable bonds is 2. The summed E-state index contributed by atoms with van der Waals surface area (Å²) in [5, 5.41) is 0. The Morgan fingerprint density at radius 1 is 1.53 bits per heavy atom. The third-order valence-electron chi connectivity index (χ3n) is 4.02. The van der Waals surface area contributed by atoms with Crippen LogP contribution in [0.3, 0.4) is 0 Å². The van der Waals surface area contributed by atoms with Gasteiger partial charge in [0.15, 0.2) is 0 Å². The van der Waals surface area contributed by atoms with Crippen LogP contribution in [0, 0.1) is 11.3 Å². The van der Waals surface area contributed by atoms with Crippen LogP contribution < -0.4 is 5.73 Å². The number of hydrogen-bond donors (Lipinski definition) is 2. The Labute approximate surface area is 92.3 Å². The molecule has 2 unspecified atom stereocenters. The van der Waals surface area contributed by atoms with Crippen LogP contribution >= 0.6 is 0 Å². The lowest BCUT2D eigenvalue weighted by Crippen LogP contribution is -2.34. The van der Waals surface area contributed by atoms with E-state index in [4.69, 9.17) is 5.73 Å². The number of aryl methyl sites for hydroxylation is 1. The third kappa shape index (κ3) is 1.71. The average Bonchev–Trinajstić information content (AvgIpc) is 2.63. The summed E-state index contributed by atoms with van der Waals surface area (Å²) in [7, 11) is 0. The fraction of sp³-hybridized carbons (Fsp3) is 0.692. The Hall–Kier alpha value is -0.760. The number of fused-ring (bicyclic) bond motifs is 1. The van der Waals surface area contributed by atoms with Gasteiger partial charge in [0.2, 0.25) is 0 Å². The van der Waals surface area contributed by atoms with Gasteiger partial charge in [0.1, 0.15) is 0 Å². The van der Waals surface area contributed by atoms with Gasteiger partial charge in [-0.3, -0.25) is 0 Å². The summed E-state index contributed by atoms with van der Waals surface area (Å²) in [6, 6.07) is 0. The number of aromatic nitrogens is 1. The van der Waals surface area contributed by atoms with Gasteiger partial charge < -0.3 is 10.7 Å². The lowest BCUT2D eigenvalue weighted by molar-refractivity contribution is 0.193. The highest BCUT2D eigenvalue weighted by Crippen LogP contribution is 2.48. The molecular weight excluding hydrogens is 184 g/mol. The Morgan fingerprint density at radius 3 is 2.93 bits per heavy atom. The Morgan fingerprint density at radius 2 is 2.27 bits per heavy atom. The minimum atomic E-state index is 0.383. The summed E-state index contributed by atoms with van der Waals surface area (Å²) in [6.07, 6.45) is 6.81. The molecule has 1 aromatic rings. The van der Waals surface area contributed by atoms with E-state index in [0.717, 1.165) is 6.54 Å². The molecule has 0 spiro atoms. The summed E-state index contributed by atoms with van der Waals surface area (Å²) in [5.41, 5.74) is 9.23. The second-order valence-electron chi connectivity index (χ2n) is 5.62. The standard InChI is InChI=1S/C13H22N2/c1-9(6-14)12-11-8-15-7-10(11)4-5-13(12,2)3/h7-9,12,15H,4-6,14H2,1-3H3. The highest BCUT2D eigenvalue weighted by molar-refractivity contribution is 5.32. The van der Waals surface area contributed by atoms with E-state index < -0.39 is 0 Å². The molecule has 0 bridgehead atoms. The summed E-state index contributed by atoms with van der Waals surface area (Å²) >= 11 is 0. The van der Waals surface area contributed by atoms with Crippen molar-refractivity contribution < 1.29 is 0 Å². The van der Waals surface area contributed by atoms with Crippen molar-refractivity contribution in [3.63, 3.8) is 0 Å². The van der Waals surface area contributed by atoms with Gasteiger partial charge in [0.25, 0.3) is 0 Å². The minimum absolute atomic E-state index is 0.383. The maximum Gasteiger partial charge on any atom is 0.00433 e. The topological polar surface area (TPSA) is 41.8 Å². The SMILES string of the molecule is CC(CN)C1c2c[nH]cc2CCC1(C)C. The number of hydrogen-bond acceptors (Lipinski definition) is 1. The highest BCUT2D eigenvalue weighted by atomic mass is 14.7. The predicted octanol–water partition coefficient (Wildman–Crippen LogP) is 2.67. The molecule has 0 amide bonds. The molecular formula is C13H22N2. The van der Waals surface area contributed by atoms with Crippen molar-refractivity contribution >= 4 is 0 Å². The second kappa shape index (κ2) is 3.67. The highest BCUT2D eigenvalue weighted by Gasteiger charge is 2.38. The van der Waals surface area contributed by atoms with Crippen LogP contribution in [0.2, 0.25) is 0 Å². The predicted molar refractivity (Wildman–Crippen MR) is 63.9 cm³/mol. The van der Waals surface area contributed by atoms with Crippen molar-refractivity contribution in [2.45, 2.75) is 39.5 Å². The fourth-order valence-corrected chi connectivity index (χ4v) is 3.16. The van der Waals surface area contributed by atoms with E-state index in [0.29, 0.717) is 17.3 Å². The molecule has 0 aliphatic heterocycles. The average molecular weight is 206 g/mol. The summed E-state index contributed by atoms with van der Waals surface area (Å²) in [4.78, 5) is 3.25. The molecule has 1 aliphatic carbocycles. The van der Waals surface area contributed by atoms with Gasteiger partial charge >= 0.3 is 0 Å². The van der Waals surface area contributed by atoms with Crippen LogP contribution in [0.4, 0.5) is 0 Å². The maximum absolute atomic E-state index is 5.84. The van der Waals surface area contributed by atoms with Crippen molar-refractivity contribution in [1.82, 2.24) is 4.98 Å². The van der Waals surface area contributed by atoms with Crippen molar-refractivity contribution in [3.05, 3.63) is 23.5 Å². The summed E-state index contributed by atoms with van der Waals surface area (Å²) in [5.74, 6) is 1.17. The molecule has 0 radical (unpaired) electrons. The molecule has 84 valence electrons. The van der Waals surface area contributed by atoms with Gasteiger partial charge in [-0.05, 0) is 47.8 Å². The molecule has 1 heterocycles. The molecule has 0 fully saturated rings. The van der Waals surface area contributed by atoms with Crippen LogP contribution in [0.1, 0.15) is 44.2 Å². The zero-order chi connectivity index (χ0) is 11.1. The summed E-state index contributed by atoms with van der Waals surface area (Å²) < 4.78 is 0. The number of nitrogens with one attached hydrogen (secondary N) is 1. The van der Waals surface area contributed by atoms with Gasteiger partial charge in [-0.1, -0.05) is 20.8 Å². The normalized spacial score (nSPS) is 26.0. The Kier molecular flexibility index (Phi) is 2.63. The minimum Gasteiger partial charge on any atom is -0.367 e. The van der Waals surface area contributed by atoms with Crippen molar-refractivity contribution in [1.29, 1.82) is 0 Å². The number of aromatic amines is 1. The lowest BCUT2D eigenvalue weighted by atomic mass is 9.63. The molecule has 2 heteroatoms. The Balaban J connectivity index is 2.40. The molecule has 0 saturated heterocycles. The molecule has 2 nitrogen and oxygen atoms in total. The Bertz CT molecular complexity index is 338. The van der Waals surface area contributed by atoms with Gasteiger partial charge in [-0.15, -0.1) is 0 Å². The molecule has 3 N–H and O–H groups in total. The lowest BCUT2D eigenvalue weighted by Gasteiger charge is -2.42. The number of nitrogens with two attached hydrogens (primary N) is 1. The van der Waals surface area contributed by atoms with E-state index in [1.165, 1.54) is 24.0 Å². The monoisotopic (exact) mass is 206 g/mol. The van der Waals surface area contributed by atoms with Crippen molar-refractivity contribution in [2.75, 3.05) is 6.54 Å². The largest absolute Gasteiger partial charge is 0.367 e. The zero-order valence-electron chi connectivity index (χ0n) is 10.0. The fourth-order valence-electron chi connectivity index (χ4n) is 3.16. The van der Waals surface area contributed by atoms with Crippen LogP contribution in [-0.2, 0) is 6.42 Å². The first-order valence-corrected chi connectivity index (χ1v) is 5.92. The van der Waals surface area contributed by atoms with Crippen molar-refractivity contribution in [2.24, 2.45) is 17.1 Å². The summed E-state index contributed by atoms with van der Waals surface area (Å²) in [6.45, 7) is 7.80. The van der Waals surface area contributed by atoms with E-state index in [9.17, 15) is 0 Å². The quantitative estimate of drug-likeness (QED) is 0.767. The first kappa shape index (κ1) is 10.7. The molecule has 0 aromatic carbocycles. The van der Waals surface area contributed by atoms with Crippen LogP contribution in [-0.4, -0.2) is 11.5 Å². The van der Waals surface area contributed by atoms with E-state index in [2.05, 4.69) is 38.1 Å². The third-order valence-corrected chi connectivity index (χ3v) is 4.02. The zero-order valence-corrected chi connectivity index (χ0v) is 10.0. The second-order valence-corrected chi connectivity index (χ2v) is 5.62. The van der Waals surface area contributed by atoms with E-state index in [-0.39, 0.29) is 0 Å². The van der Waals surface area contributed by atoms with E-state index in [1.54, 1.807) is 0 Å². The van der Waals surface area contributed by atoms with Gasteiger partial charge in [0, 0.05) is 12.4 Å². The maximum atomic E-state index is 5.84. The molecule has 1 aromatic heterocycles. The molecule has 0 saturated carbocycles. The van der Waals surface area contributed by atoms with Crippen LogP contribution in [0.25, 0.3) is 0 Å². The van der Waals surface area contributed by atoms with Gasteiger partial charge in [-0.25, -0.2) is 0 Å². The molecule has 15 heavy (non-hydrogen) atoms. The van der Waals surface area contributed by atoms with Crippen molar-refractivity contribution in [3.8, 4) is 0 Å².